The first-order chi connectivity index (χ1) is 8.88. The number of nitrogens with one attached hydrogen (secondary N) is 1. The molecule has 2 aromatic carbocycles. The van der Waals surface area contributed by atoms with Crippen LogP contribution >= 0.6 is 11.6 Å². The van der Waals surface area contributed by atoms with Gasteiger partial charge in [0.25, 0.3) is 10.0 Å². The smallest absolute Gasteiger partial charge is 0.262 e. The van der Waals surface area contributed by atoms with Crippen molar-refractivity contribution in [2.45, 2.75) is 4.90 Å². The number of anilines is 2. The lowest BCUT2D eigenvalue weighted by Crippen LogP contribution is -2.14. The quantitative estimate of drug-likeness (QED) is 0.856. The van der Waals surface area contributed by atoms with Crippen molar-refractivity contribution in [1.29, 1.82) is 0 Å². The highest BCUT2D eigenvalue weighted by atomic mass is 35.5. The highest BCUT2D eigenvalue weighted by Gasteiger charge is 2.16. The molecule has 0 aliphatic heterocycles. The van der Waals surface area contributed by atoms with Crippen molar-refractivity contribution in [3.8, 4) is 0 Å². The normalized spacial score (nSPS) is 11.3. The Morgan fingerprint density at radius 3 is 2.53 bits per heavy atom. The van der Waals surface area contributed by atoms with E-state index >= 15 is 0 Å². The summed E-state index contributed by atoms with van der Waals surface area (Å²) in [6, 6.07) is 9.05. The van der Waals surface area contributed by atoms with Crippen LogP contribution in [-0.2, 0) is 10.0 Å². The van der Waals surface area contributed by atoms with E-state index in [2.05, 4.69) is 4.72 Å². The molecular formula is C12H10ClFN2O2S. The molecule has 0 fully saturated rings. The van der Waals surface area contributed by atoms with Crippen LogP contribution in [0.4, 0.5) is 15.8 Å². The maximum Gasteiger partial charge on any atom is 0.262 e. The summed E-state index contributed by atoms with van der Waals surface area (Å²) in [5.41, 5.74) is 6.03. The molecule has 0 spiro atoms. The fourth-order valence-corrected chi connectivity index (χ4v) is 2.76. The number of nitrogens with two attached hydrogens (primary N) is 1. The minimum absolute atomic E-state index is 0.179. The molecule has 19 heavy (non-hydrogen) atoms. The Balaban J connectivity index is 2.36. The van der Waals surface area contributed by atoms with Crippen molar-refractivity contribution >= 4 is 33.0 Å². The van der Waals surface area contributed by atoms with Gasteiger partial charge < -0.3 is 5.73 Å². The lowest BCUT2D eigenvalue weighted by atomic mass is 10.3. The molecule has 4 nitrogen and oxygen atoms in total. The molecule has 2 aromatic rings. The number of halogens is 2. The molecule has 0 atom stereocenters. The van der Waals surface area contributed by atoms with Crippen LogP contribution in [0.2, 0.25) is 5.02 Å². The predicted molar refractivity (Wildman–Crippen MR) is 73.1 cm³/mol. The van der Waals surface area contributed by atoms with Crippen LogP contribution in [0.25, 0.3) is 0 Å². The third kappa shape index (κ3) is 3.15. The van der Waals surface area contributed by atoms with Crippen molar-refractivity contribution in [2.75, 3.05) is 10.5 Å². The van der Waals surface area contributed by atoms with Gasteiger partial charge in [-0.3, -0.25) is 4.72 Å². The van der Waals surface area contributed by atoms with E-state index in [9.17, 15) is 12.8 Å². The topological polar surface area (TPSA) is 72.2 Å². The van der Waals surface area contributed by atoms with E-state index in [-0.39, 0.29) is 16.3 Å². The summed E-state index contributed by atoms with van der Waals surface area (Å²) < 4.78 is 39.4. The Bertz CT molecular complexity index is 719. The maximum absolute atomic E-state index is 13.0. The summed E-state index contributed by atoms with van der Waals surface area (Å²) in [6.07, 6.45) is 0. The fraction of sp³-hybridized carbons (Fsp3) is 0. The Morgan fingerprint density at radius 2 is 1.89 bits per heavy atom. The zero-order chi connectivity index (χ0) is 14.0. The second-order valence-electron chi connectivity index (χ2n) is 3.79. The van der Waals surface area contributed by atoms with Gasteiger partial charge in [-0.2, -0.15) is 0 Å². The van der Waals surface area contributed by atoms with Gasteiger partial charge in [0.15, 0.2) is 0 Å². The summed E-state index contributed by atoms with van der Waals surface area (Å²) in [5, 5.41) is 0.395. The maximum atomic E-state index is 13.0. The summed E-state index contributed by atoms with van der Waals surface area (Å²) in [7, 11) is -3.88. The number of sulfonamides is 1. The summed E-state index contributed by atoms with van der Waals surface area (Å²) in [6.45, 7) is 0. The van der Waals surface area contributed by atoms with Crippen molar-refractivity contribution < 1.29 is 12.8 Å². The van der Waals surface area contributed by atoms with Gasteiger partial charge in [0.1, 0.15) is 5.82 Å². The molecule has 3 N–H and O–H groups in total. The van der Waals surface area contributed by atoms with E-state index in [0.717, 1.165) is 12.1 Å². The molecule has 2 rings (SSSR count). The number of benzene rings is 2. The lowest BCUT2D eigenvalue weighted by Gasteiger charge is -2.10. The highest BCUT2D eigenvalue weighted by molar-refractivity contribution is 7.92. The van der Waals surface area contributed by atoms with Gasteiger partial charge in [0.2, 0.25) is 0 Å². The number of hydrogen-bond acceptors (Lipinski definition) is 3. The first-order valence-electron chi connectivity index (χ1n) is 5.22. The summed E-state index contributed by atoms with van der Waals surface area (Å²) in [4.78, 5) is -0.179. The van der Waals surface area contributed by atoms with Crippen molar-refractivity contribution in [2.24, 2.45) is 0 Å². The molecule has 0 saturated heterocycles. The van der Waals surface area contributed by atoms with Gasteiger partial charge in [-0.05, 0) is 36.4 Å². The molecule has 0 saturated carbocycles. The molecule has 0 aromatic heterocycles. The molecule has 7 heteroatoms. The molecule has 0 unspecified atom stereocenters. The molecule has 100 valence electrons. The minimum Gasteiger partial charge on any atom is -0.397 e. The Morgan fingerprint density at radius 1 is 1.16 bits per heavy atom. The van der Waals surface area contributed by atoms with Crippen LogP contribution in [0.5, 0.6) is 0 Å². The SMILES string of the molecule is Nc1cc(Cl)ccc1NS(=O)(=O)c1cccc(F)c1. The second kappa shape index (κ2) is 5.07. The Kier molecular flexibility index (Phi) is 3.64. The van der Waals surface area contributed by atoms with Gasteiger partial charge in [-0.25, -0.2) is 12.8 Å². The van der Waals surface area contributed by atoms with Crippen LogP contribution in [0.15, 0.2) is 47.4 Å². The van der Waals surface area contributed by atoms with Crippen molar-refractivity contribution in [3.63, 3.8) is 0 Å². The Labute approximate surface area is 115 Å². The van der Waals surface area contributed by atoms with E-state index in [1.165, 1.54) is 30.3 Å². The third-order valence-electron chi connectivity index (χ3n) is 2.36. The molecule has 0 bridgehead atoms. The van der Waals surface area contributed by atoms with Crippen LogP contribution in [-0.4, -0.2) is 8.42 Å². The number of rotatable bonds is 3. The van der Waals surface area contributed by atoms with Crippen LogP contribution in [0.1, 0.15) is 0 Å². The lowest BCUT2D eigenvalue weighted by molar-refractivity contribution is 0.595. The second-order valence-corrected chi connectivity index (χ2v) is 5.91. The van der Waals surface area contributed by atoms with Gasteiger partial charge in [-0.15, -0.1) is 0 Å². The standard InChI is InChI=1S/C12H10ClFN2O2S/c13-8-4-5-12(11(15)6-8)16-19(17,18)10-3-1-2-9(14)7-10/h1-7,16H,15H2. The third-order valence-corrected chi connectivity index (χ3v) is 3.96. The molecule has 0 radical (unpaired) electrons. The molecule has 0 heterocycles. The number of nitrogen functional groups attached to an aromatic ring is 1. The van der Waals surface area contributed by atoms with Gasteiger partial charge in [0, 0.05) is 5.02 Å². The first kappa shape index (κ1) is 13.6. The van der Waals surface area contributed by atoms with E-state index in [4.69, 9.17) is 17.3 Å². The zero-order valence-corrected chi connectivity index (χ0v) is 11.2. The fourth-order valence-electron chi connectivity index (χ4n) is 1.46. The zero-order valence-electron chi connectivity index (χ0n) is 9.60. The summed E-state index contributed by atoms with van der Waals surface area (Å²) in [5.74, 6) is -0.632. The summed E-state index contributed by atoms with van der Waals surface area (Å²) >= 11 is 5.72. The number of hydrogen-bond donors (Lipinski definition) is 2. The highest BCUT2D eigenvalue weighted by Crippen LogP contribution is 2.25. The molecular weight excluding hydrogens is 291 g/mol. The van der Waals surface area contributed by atoms with Gasteiger partial charge >= 0.3 is 0 Å². The average molecular weight is 301 g/mol. The van der Waals surface area contributed by atoms with Crippen molar-refractivity contribution in [1.82, 2.24) is 0 Å². The van der Waals surface area contributed by atoms with Gasteiger partial charge in [0.05, 0.1) is 16.3 Å². The molecule has 0 aliphatic carbocycles. The molecule has 0 amide bonds. The minimum atomic E-state index is -3.88. The predicted octanol–water partition coefficient (Wildman–Crippen LogP) is 2.86. The van der Waals surface area contributed by atoms with Crippen LogP contribution in [0.3, 0.4) is 0 Å². The van der Waals surface area contributed by atoms with E-state index in [0.29, 0.717) is 5.02 Å². The molecule has 0 aliphatic rings. The van der Waals surface area contributed by atoms with E-state index in [1.807, 2.05) is 0 Å². The average Bonchev–Trinajstić information content (AvgIpc) is 2.33. The van der Waals surface area contributed by atoms with Crippen LogP contribution in [0, 0.1) is 5.82 Å². The largest absolute Gasteiger partial charge is 0.397 e. The van der Waals surface area contributed by atoms with Crippen molar-refractivity contribution in [3.05, 3.63) is 53.3 Å². The van der Waals surface area contributed by atoms with E-state index in [1.54, 1.807) is 0 Å². The van der Waals surface area contributed by atoms with Crippen LogP contribution < -0.4 is 10.5 Å². The monoisotopic (exact) mass is 300 g/mol. The van der Waals surface area contributed by atoms with E-state index < -0.39 is 15.8 Å². The first-order valence-corrected chi connectivity index (χ1v) is 7.08. The van der Waals surface area contributed by atoms with Gasteiger partial charge in [-0.1, -0.05) is 17.7 Å². The Hall–Kier alpha value is -1.79.